The standard InChI is InChI=1S/C16H14Cl2N2O3/c1-23-16(22)14(8-11-2-3-12(17)9-13(11)18)20-15(21)10-4-6-19-7-5-10/h2-7,9,14H,8H2,1H3,(H,20,21)/t14-/m0/s1. The van der Waals surface area contributed by atoms with Crippen molar-refractivity contribution in [2.75, 3.05) is 7.11 Å². The third-order valence-corrected chi connectivity index (χ3v) is 3.76. The number of methoxy groups -OCH3 is 1. The molecule has 1 amide bonds. The second-order valence-electron chi connectivity index (χ2n) is 4.72. The van der Waals surface area contributed by atoms with Crippen LogP contribution in [0.25, 0.3) is 0 Å². The van der Waals surface area contributed by atoms with Crippen molar-refractivity contribution in [3.63, 3.8) is 0 Å². The van der Waals surface area contributed by atoms with Gasteiger partial charge in [0.25, 0.3) is 5.91 Å². The van der Waals surface area contributed by atoms with Gasteiger partial charge < -0.3 is 10.1 Å². The maximum Gasteiger partial charge on any atom is 0.328 e. The molecule has 1 aromatic carbocycles. The minimum atomic E-state index is -0.862. The first-order valence-electron chi connectivity index (χ1n) is 6.74. The predicted molar refractivity (Wildman–Crippen MR) is 87.7 cm³/mol. The highest BCUT2D eigenvalue weighted by Gasteiger charge is 2.23. The Morgan fingerprint density at radius 3 is 2.52 bits per heavy atom. The van der Waals surface area contributed by atoms with Crippen molar-refractivity contribution in [2.45, 2.75) is 12.5 Å². The largest absolute Gasteiger partial charge is 0.467 e. The number of halogens is 2. The highest BCUT2D eigenvalue weighted by Crippen LogP contribution is 2.22. The summed E-state index contributed by atoms with van der Waals surface area (Å²) in [5, 5.41) is 3.56. The second kappa shape index (κ2) is 7.94. The number of amides is 1. The molecule has 1 N–H and O–H groups in total. The number of hydrogen-bond acceptors (Lipinski definition) is 4. The quantitative estimate of drug-likeness (QED) is 0.840. The van der Waals surface area contributed by atoms with Crippen LogP contribution in [-0.2, 0) is 16.0 Å². The van der Waals surface area contributed by atoms with Gasteiger partial charge in [-0.1, -0.05) is 29.3 Å². The minimum Gasteiger partial charge on any atom is -0.467 e. The Morgan fingerprint density at radius 1 is 1.22 bits per heavy atom. The Kier molecular flexibility index (Phi) is 5.96. The molecule has 1 aromatic heterocycles. The van der Waals surface area contributed by atoms with Crippen molar-refractivity contribution in [2.24, 2.45) is 0 Å². The summed E-state index contributed by atoms with van der Waals surface area (Å²) in [6.07, 6.45) is 3.19. The van der Waals surface area contributed by atoms with Gasteiger partial charge in [0.1, 0.15) is 6.04 Å². The smallest absolute Gasteiger partial charge is 0.328 e. The lowest BCUT2D eigenvalue weighted by Gasteiger charge is -2.17. The van der Waals surface area contributed by atoms with Gasteiger partial charge in [-0.15, -0.1) is 0 Å². The summed E-state index contributed by atoms with van der Waals surface area (Å²) in [7, 11) is 1.26. The minimum absolute atomic E-state index is 0.194. The van der Waals surface area contributed by atoms with Gasteiger partial charge in [-0.2, -0.15) is 0 Å². The third-order valence-electron chi connectivity index (χ3n) is 3.17. The van der Waals surface area contributed by atoms with Crippen LogP contribution in [0.1, 0.15) is 15.9 Å². The monoisotopic (exact) mass is 352 g/mol. The summed E-state index contributed by atoms with van der Waals surface area (Å²) in [5.74, 6) is -0.952. The van der Waals surface area contributed by atoms with Crippen LogP contribution in [0.5, 0.6) is 0 Å². The molecule has 0 spiro atoms. The normalized spacial score (nSPS) is 11.6. The fourth-order valence-corrected chi connectivity index (χ4v) is 2.47. The number of esters is 1. The van der Waals surface area contributed by atoms with Crippen LogP contribution in [-0.4, -0.2) is 30.0 Å². The molecule has 1 heterocycles. The third kappa shape index (κ3) is 4.68. The van der Waals surface area contributed by atoms with Gasteiger partial charge in [-0.05, 0) is 29.8 Å². The van der Waals surface area contributed by atoms with Crippen molar-refractivity contribution in [3.05, 3.63) is 63.9 Å². The molecule has 7 heteroatoms. The Hall–Kier alpha value is -2.11. The van der Waals surface area contributed by atoms with E-state index >= 15 is 0 Å². The number of nitrogens with zero attached hydrogens (tertiary/aromatic N) is 1. The number of ether oxygens (including phenoxy) is 1. The predicted octanol–water partition coefficient (Wildman–Crippen LogP) is 2.90. The molecule has 0 aliphatic rings. The maximum absolute atomic E-state index is 12.2. The van der Waals surface area contributed by atoms with Crippen molar-refractivity contribution >= 4 is 35.1 Å². The van der Waals surface area contributed by atoms with Gasteiger partial charge in [0.05, 0.1) is 7.11 Å². The molecule has 0 bridgehead atoms. The average Bonchev–Trinajstić information content (AvgIpc) is 2.56. The molecule has 0 aliphatic carbocycles. The average molecular weight is 353 g/mol. The van der Waals surface area contributed by atoms with E-state index in [2.05, 4.69) is 10.3 Å². The molecule has 2 rings (SSSR count). The highest BCUT2D eigenvalue weighted by molar-refractivity contribution is 6.35. The van der Waals surface area contributed by atoms with E-state index in [4.69, 9.17) is 27.9 Å². The fourth-order valence-electron chi connectivity index (χ4n) is 1.99. The van der Waals surface area contributed by atoms with Crippen LogP contribution >= 0.6 is 23.2 Å². The Morgan fingerprint density at radius 2 is 1.91 bits per heavy atom. The zero-order chi connectivity index (χ0) is 16.8. The first-order chi connectivity index (χ1) is 11.0. The second-order valence-corrected chi connectivity index (χ2v) is 5.57. The van der Waals surface area contributed by atoms with E-state index in [9.17, 15) is 9.59 Å². The highest BCUT2D eigenvalue weighted by atomic mass is 35.5. The Balaban J connectivity index is 2.17. The molecule has 120 valence electrons. The zero-order valence-corrected chi connectivity index (χ0v) is 13.8. The molecule has 0 radical (unpaired) electrons. The van der Waals surface area contributed by atoms with Crippen LogP contribution in [0.4, 0.5) is 0 Å². The summed E-state index contributed by atoms with van der Waals surface area (Å²) in [6.45, 7) is 0. The lowest BCUT2D eigenvalue weighted by Crippen LogP contribution is -2.43. The SMILES string of the molecule is COC(=O)[C@H](Cc1ccc(Cl)cc1Cl)NC(=O)c1ccncc1. The molecule has 0 saturated carbocycles. The van der Waals surface area contributed by atoms with Gasteiger partial charge in [-0.25, -0.2) is 4.79 Å². The van der Waals surface area contributed by atoms with Gasteiger partial charge in [0.2, 0.25) is 0 Å². The molecular weight excluding hydrogens is 339 g/mol. The van der Waals surface area contributed by atoms with E-state index < -0.39 is 17.9 Å². The van der Waals surface area contributed by atoms with E-state index in [0.29, 0.717) is 21.2 Å². The van der Waals surface area contributed by atoms with Crippen LogP contribution in [0.2, 0.25) is 10.0 Å². The van der Waals surface area contributed by atoms with Gasteiger partial charge in [0, 0.05) is 34.4 Å². The maximum atomic E-state index is 12.2. The van der Waals surface area contributed by atoms with Crippen LogP contribution in [0.15, 0.2) is 42.7 Å². The van der Waals surface area contributed by atoms with Crippen molar-refractivity contribution in [1.82, 2.24) is 10.3 Å². The molecule has 0 aliphatic heterocycles. The molecule has 1 atom stereocenters. The number of nitrogens with one attached hydrogen (secondary N) is 1. The van der Waals surface area contributed by atoms with E-state index in [-0.39, 0.29) is 6.42 Å². The number of pyridine rings is 1. The molecule has 23 heavy (non-hydrogen) atoms. The summed E-state index contributed by atoms with van der Waals surface area (Å²) >= 11 is 12.0. The molecular formula is C16H14Cl2N2O3. The van der Waals surface area contributed by atoms with Crippen molar-refractivity contribution in [1.29, 1.82) is 0 Å². The lowest BCUT2D eigenvalue weighted by molar-refractivity contribution is -0.142. The molecule has 2 aromatic rings. The summed E-state index contributed by atoms with van der Waals surface area (Å²) < 4.78 is 4.75. The van der Waals surface area contributed by atoms with E-state index in [1.807, 2.05) is 0 Å². The van der Waals surface area contributed by atoms with Crippen LogP contribution in [0, 0.1) is 0 Å². The number of rotatable bonds is 5. The first kappa shape index (κ1) is 17.2. The Labute approximate surface area is 143 Å². The zero-order valence-electron chi connectivity index (χ0n) is 12.3. The molecule has 0 unspecified atom stereocenters. The molecule has 0 saturated heterocycles. The van der Waals surface area contributed by atoms with E-state index in [0.717, 1.165) is 0 Å². The fraction of sp³-hybridized carbons (Fsp3) is 0.188. The van der Waals surface area contributed by atoms with Gasteiger partial charge >= 0.3 is 5.97 Å². The lowest BCUT2D eigenvalue weighted by atomic mass is 10.1. The number of aromatic nitrogens is 1. The summed E-state index contributed by atoms with van der Waals surface area (Å²) in [5.41, 5.74) is 1.08. The van der Waals surface area contributed by atoms with E-state index in [1.54, 1.807) is 30.3 Å². The van der Waals surface area contributed by atoms with Crippen LogP contribution in [0.3, 0.4) is 0 Å². The van der Waals surface area contributed by atoms with Gasteiger partial charge in [0.15, 0.2) is 0 Å². The Bertz CT molecular complexity index is 708. The molecule has 5 nitrogen and oxygen atoms in total. The number of carbonyl (C=O) groups is 2. The summed E-state index contributed by atoms with van der Waals surface area (Å²) in [4.78, 5) is 28.0. The number of benzene rings is 1. The topological polar surface area (TPSA) is 68.3 Å². The summed E-state index contributed by atoms with van der Waals surface area (Å²) in [6, 6.07) is 7.20. The van der Waals surface area contributed by atoms with Crippen molar-refractivity contribution < 1.29 is 14.3 Å². The van der Waals surface area contributed by atoms with Crippen LogP contribution < -0.4 is 5.32 Å². The first-order valence-corrected chi connectivity index (χ1v) is 7.49. The van der Waals surface area contributed by atoms with E-state index in [1.165, 1.54) is 19.5 Å². The van der Waals surface area contributed by atoms with Crippen molar-refractivity contribution in [3.8, 4) is 0 Å². The number of carbonyl (C=O) groups excluding carboxylic acids is 2. The number of hydrogen-bond donors (Lipinski definition) is 1. The molecule has 0 fully saturated rings. The van der Waals surface area contributed by atoms with Gasteiger partial charge in [-0.3, -0.25) is 9.78 Å².